The van der Waals surface area contributed by atoms with Gasteiger partial charge < -0.3 is 10.2 Å². The van der Waals surface area contributed by atoms with Crippen molar-refractivity contribution in [2.24, 2.45) is 5.92 Å². The van der Waals surface area contributed by atoms with E-state index < -0.39 is 0 Å². The van der Waals surface area contributed by atoms with Gasteiger partial charge in [0.1, 0.15) is 0 Å². The standard InChI is InChI=1S/C14H15N3O2/c1-17(14(19)12-6-13(18)16-8-12)9-11-4-2-10(7-15)3-5-11/h2-5,12H,6,8-9H2,1H3,(H,16,18). The highest BCUT2D eigenvalue weighted by molar-refractivity contribution is 5.89. The van der Waals surface area contributed by atoms with E-state index >= 15 is 0 Å². The van der Waals surface area contributed by atoms with E-state index in [1.165, 1.54) is 0 Å². The van der Waals surface area contributed by atoms with Gasteiger partial charge in [0.05, 0.1) is 17.6 Å². The van der Waals surface area contributed by atoms with Crippen molar-refractivity contribution in [3.63, 3.8) is 0 Å². The lowest BCUT2D eigenvalue weighted by atomic mass is 10.1. The van der Waals surface area contributed by atoms with Crippen LogP contribution in [0.2, 0.25) is 0 Å². The van der Waals surface area contributed by atoms with E-state index in [0.717, 1.165) is 5.56 Å². The molecule has 2 rings (SSSR count). The van der Waals surface area contributed by atoms with Crippen LogP contribution in [0.25, 0.3) is 0 Å². The van der Waals surface area contributed by atoms with Crippen LogP contribution in [0.3, 0.4) is 0 Å². The Morgan fingerprint density at radius 1 is 1.47 bits per heavy atom. The lowest BCUT2D eigenvalue weighted by molar-refractivity contribution is -0.135. The fourth-order valence-electron chi connectivity index (χ4n) is 2.13. The Morgan fingerprint density at radius 2 is 2.16 bits per heavy atom. The Morgan fingerprint density at radius 3 is 2.68 bits per heavy atom. The molecule has 1 atom stereocenters. The molecule has 5 heteroatoms. The first-order chi connectivity index (χ1) is 9.10. The second-order valence-electron chi connectivity index (χ2n) is 4.71. The molecule has 0 aliphatic carbocycles. The van der Waals surface area contributed by atoms with Crippen LogP contribution in [0.5, 0.6) is 0 Å². The lowest BCUT2D eigenvalue weighted by Crippen LogP contribution is -2.33. The summed E-state index contributed by atoms with van der Waals surface area (Å²) in [6.07, 6.45) is 0.274. The summed E-state index contributed by atoms with van der Waals surface area (Å²) in [6, 6.07) is 9.18. The SMILES string of the molecule is CN(Cc1ccc(C#N)cc1)C(=O)C1CNC(=O)C1. The minimum atomic E-state index is -0.254. The number of nitrogens with zero attached hydrogens (tertiary/aromatic N) is 2. The van der Waals surface area contributed by atoms with E-state index in [-0.39, 0.29) is 24.2 Å². The van der Waals surface area contributed by atoms with E-state index in [1.54, 1.807) is 24.1 Å². The zero-order valence-electron chi connectivity index (χ0n) is 10.7. The van der Waals surface area contributed by atoms with Crippen LogP contribution >= 0.6 is 0 Å². The number of hydrogen-bond donors (Lipinski definition) is 1. The number of nitrogens with one attached hydrogen (secondary N) is 1. The number of nitriles is 1. The zero-order chi connectivity index (χ0) is 13.8. The predicted molar refractivity (Wildman–Crippen MR) is 68.7 cm³/mol. The molecule has 1 saturated heterocycles. The van der Waals surface area contributed by atoms with Gasteiger partial charge in [0, 0.05) is 26.6 Å². The molecular formula is C14H15N3O2. The number of benzene rings is 1. The van der Waals surface area contributed by atoms with Gasteiger partial charge in [0.25, 0.3) is 0 Å². The maximum Gasteiger partial charge on any atom is 0.228 e. The van der Waals surface area contributed by atoms with Crippen molar-refractivity contribution in [2.75, 3.05) is 13.6 Å². The van der Waals surface area contributed by atoms with Crippen LogP contribution in [0.1, 0.15) is 17.5 Å². The van der Waals surface area contributed by atoms with Crippen LogP contribution in [-0.2, 0) is 16.1 Å². The third-order valence-electron chi connectivity index (χ3n) is 3.21. The molecule has 5 nitrogen and oxygen atoms in total. The van der Waals surface area contributed by atoms with Crippen LogP contribution in [-0.4, -0.2) is 30.3 Å². The summed E-state index contributed by atoms with van der Waals surface area (Å²) in [5.74, 6) is -0.344. The largest absolute Gasteiger partial charge is 0.355 e. The van der Waals surface area contributed by atoms with Gasteiger partial charge in [-0.25, -0.2) is 0 Å². The van der Waals surface area contributed by atoms with E-state index in [0.29, 0.717) is 18.7 Å². The smallest absolute Gasteiger partial charge is 0.228 e. The molecular weight excluding hydrogens is 242 g/mol. The molecule has 0 saturated carbocycles. The van der Waals surface area contributed by atoms with Gasteiger partial charge in [-0.05, 0) is 17.7 Å². The van der Waals surface area contributed by atoms with Crippen molar-refractivity contribution in [2.45, 2.75) is 13.0 Å². The van der Waals surface area contributed by atoms with Crippen molar-refractivity contribution in [3.05, 3.63) is 35.4 Å². The second kappa shape index (κ2) is 5.53. The van der Waals surface area contributed by atoms with Gasteiger partial charge in [-0.15, -0.1) is 0 Å². The third kappa shape index (κ3) is 3.10. The lowest BCUT2D eigenvalue weighted by Gasteiger charge is -2.20. The Kier molecular flexibility index (Phi) is 3.81. The third-order valence-corrected chi connectivity index (χ3v) is 3.21. The molecule has 2 amide bonds. The van der Waals surface area contributed by atoms with E-state index in [2.05, 4.69) is 11.4 Å². The van der Waals surface area contributed by atoms with Crippen molar-refractivity contribution in [1.29, 1.82) is 5.26 Å². The summed E-state index contributed by atoms with van der Waals surface area (Å²) in [6.45, 7) is 0.907. The Hall–Kier alpha value is -2.35. The summed E-state index contributed by atoms with van der Waals surface area (Å²) in [7, 11) is 1.73. The summed E-state index contributed by atoms with van der Waals surface area (Å²) >= 11 is 0. The Balaban J connectivity index is 1.96. The number of amides is 2. The molecule has 0 bridgehead atoms. The molecule has 1 N–H and O–H groups in total. The van der Waals surface area contributed by atoms with Crippen molar-refractivity contribution in [3.8, 4) is 6.07 Å². The fourth-order valence-corrected chi connectivity index (χ4v) is 2.13. The predicted octanol–water partition coefficient (Wildman–Crippen LogP) is 0.653. The van der Waals surface area contributed by atoms with E-state index in [1.807, 2.05) is 12.1 Å². The molecule has 0 aromatic heterocycles. The molecule has 1 aliphatic rings. The molecule has 1 heterocycles. The minimum Gasteiger partial charge on any atom is -0.355 e. The van der Waals surface area contributed by atoms with Gasteiger partial charge in [-0.1, -0.05) is 12.1 Å². The maximum absolute atomic E-state index is 12.1. The summed E-state index contributed by atoms with van der Waals surface area (Å²) < 4.78 is 0. The van der Waals surface area contributed by atoms with Crippen molar-refractivity contribution >= 4 is 11.8 Å². The van der Waals surface area contributed by atoms with Gasteiger partial charge in [-0.3, -0.25) is 9.59 Å². The van der Waals surface area contributed by atoms with Gasteiger partial charge in [-0.2, -0.15) is 5.26 Å². The number of carbonyl (C=O) groups excluding carboxylic acids is 2. The van der Waals surface area contributed by atoms with E-state index in [4.69, 9.17) is 5.26 Å². The molecule has 98 valence electrons. The first-order valence-corrected chi connectivity index (χ1v) is 6.11. The first-order valence-electron chi connectivity index (χ1n) is 6.11. The molecule has 0 radical (unpaired) electrons. The number of rotatable bonds is 3. The van der Waals surface area contributed by atoms with Crippen LogP contribution in [0.15, 0.2) is 24.3 Å². The second-order valence-corrected chi connectivity index (χ2v) is 4.71. The van der Waals surface area contributed by atoms with Crippen LogP contribution in [0, 0.1) is 17.2 Å². The van der Waals surface area contributed by atoms with Crippen LogP contribution in [0.4, 0.5) is 0 Å². The quantitative estimate of drug-likeness (QED) is 0.864. The van der Waals surface area contributed by atoms with Crippen molar-refractivity contribution < 1.29 is 9.59 Å². The Bertz CT molecular complexity index is 531. The number of hydrogen-bond acceptors (Lipinski definition) is 3. The highest BCUT2D eigenvalue weighted by Gasteiger charge is 2.29. The summed E-state index contributed by atoms with van der Waals surface area (Å²) in [4.78, 5) is 24.8. The van der Waals surface area contributed by atoms with Crippen molar-refractivity contribution in [1.82, 2.24) is 10.2 Å². The average molecular weight is 257 g/mol. The molecule has 1 aromatic carbocycles. The van der Waals surface area contributed by atoms with Gasteiger partial charge in [0.2, 0.25) is 11.8 Å². The highest BCUT2D eigenvalue weighted by Crippen LogP contribution is 2.14. The average Bonchev–Trinajstić information content (AvgIpc) is 2.85. The summed E-state index contributed by atoms with van der Waals surface area (Å²) in [5.41, 5.74) is 1.57. The fraction of sp³-hybridized carbons (Fsp3) is 0.357. The number of carbonyl (C=O) groups is 2. The molecule has 0 spiro atoms. The van der Waals surface area contributed by atoms with Gasteiger partial charge >= 0.3 is 0 Å². The first kappa shape index (κ1) is 13.1. The van der Waals surface area contributed by atoms with E-state index in [9.17, 15) is 9.59 Å². The maximum atomic E-state index is 12.1. The molecule has 1 aromatic rings. The van der Waals surface area contributed by atoms with Crippen LogP contribution < -0.4 is 5.32 Å². The molecule has 1 aliphatic heterocycles. The molecule has 1 unspecified atom stereocenters. The molecule has 1 fully saturated rings. The normalized spacial score (nSPS) is 17.7. The highest BCUT2D eigenvalue weighted by atomic mass is 16.2. The topological polar surface area (TPSA) is 73.2 Å². The zero-order valence-corrected chi connectivity index (χ0v) is 10.7. The molecule has 19 heavy (non-hydrogen) atoms. The minimum absolute atomic E-state index is 0.0253. The summed E-state index contributed by atoms with van der Waals surface area (Å²) in [5, 5.41) is 11.4. The van der Waals surface area contributed by atoms with Gasteiger partial charge in [0.15, 0.2) is 0 Å². The Labute approximate surface area is 111 Å². The monoisotopic (exact) mass is 257 g/mol.